The maximum Gasteiger partial charge on any atom is 0.255 e. The minimum absolute atomic E-state index is 0.118. The summed E-state index contributed by atoms with van der Waals surface area (Å²) in [7, 11) is 1.57. The van der Waals surface area contributed by atoms with Gasteiger partial charge in [0.05, 0.1) is 25.3 Å². The Morgan fingerprint density at radius 3 is 2.72 bits per heavy atom. The Morgan fingerprint density at radius 2 is 2.00 bits per heavy atom. The Hall–Kier alpha value is -2.81. The number of carbonyl (C=O) groups is 1. The Balaban J connectivity index is 1.63. The van der Waals surface area contributed by atoms with Crippen molar-refractivity contribution in [3.63, 3.8) is 0 Å². The van der Waals surface area contributed by atoms with E-state index in [9.17, 15) is 18.4 Å². The lowest BCUT2D eigenvalue weighted by Crippen LogP contribution is -2.40. The van der Waals surface area contributed by atoms with E-state index < -0.39 is 11.6 Å². The number of rotatable bonds is 3. The normalized spacial score (nSPS) is 18.8. The van der Waals surface area contributed by atoms with Gasteiger partial charge in [-0.2, -0.15) is 0 Å². The first-order chi connectivity index (χ1) is 13.9. The lowest BCUT2D eigenvalue weighted by atomic mass is 10.1. The highest BCUT2D eigenvalue weighted by Crippen LogP contribution is 2.35. The van der Waals surface area contributed by atoms with Crippen LogP contribution in [-0.4, -0.2) is 47.8 Å². The van der Waals surface area contributed by atoms with Crippen molar-refractivity contribution >= 4 is 17.4 Å². The molecule has 7 nitrogen and oxygen atoms in total. The first-order valence-corrected chi connectivity index (χ1v) is 9.55. The second kappa shape index (κ2) is 7.55. The molecule has 0 unspecified atom stereocenters. The predicted molar refractivity (Wildman–Crippen MR) is 103 cm³/mol. The van der Waals surface area contributed by atoms with Crippen LogP contribution in [0.1, 0.15) is 18.3 Å². The van der Waals surface area contributed by atoms with Crippen LogP contribution < -0.4 is 15.4 Å². The highest BCUT2D eigenvalue weighted by atomic mass is 19.2. The average molecular weight is 404 g/mol. The van der Waals surface area contributed by atoms with Crippen LogP contribution in [0.3, 0.4) is 0 Å². The third kappa shape index (κ3) is 3.50. The summed E-state index contributed by atoms with van der Waals surface area (Å²) in [5.74, 6) is -1.31. The predicted octanol–water partition coefficient (Wildman–Crippen LogP) is 1.42. The van der Waals surface area contributed by atoms with Crippen LogP contribution in [0, 0.1) is 11.6 Å². The SMILES string of the molecule is C[C@H]1Cc2c(ccc(F)c2F)N1C(=O)Cc1nc(N2CCOCC2)cc(=O)n1C. The molecule has 1 aromatic heterocycles. The van der Waals surface area contributed by atoms with Crippen molar-refractivity contribution in [3.8, 4) is 0 Å². The molecule has 1 aromatic carbocycles. The van der Waals surface area contributed by atoms with Gasteiger partial charge in [-0.3, -0.25) is 14.2 Å². The van der Waals surface area contributed by atoms with Crippen LogP contribution >= 0.6 is 0 Å². The molecule has 1 amide bonds. The van der Waals surface area contributed by atoms with E-state index in [4.69, 9.17) is 4.74 Å². The van der Waals surface area contributed by atoms with Crippen LogP contribution in [0.2, 0.25) is 0 Å². The van der Waals surface area contributed by atoms with E-state index in [1.165, 1.54) is 21.6 Å². The molecule has 154 valence electrons. The topological polar surface area (TPSA) is 67.7 Å². The minimum Gasteiger partial charge on any atom is -0.378 e. The minimum atomic E-state index is -0.924. The van der Waals surface area contributed by atoms with Crippen molar-refractivity contribution in [2.75, 3.05) is 36.1 Å². The Morgan fingerprint density at radius 1 is 1.28 bits per heavy atom. The summed E-state index contributed by atoms with van der Waals surface area (Å²) in [5.41, 5.74) is 0.317. The fraction of sp³-hybridized carbons (Fsp3) is 0.450. The zero-order valence-electron chi connectivity index (χ0n) is 16.3. The van der Waals surface area contributed by atoms with Crippen LogP contribution in [0.25, 0.3) is 0 Å². The average Bonchev–Trinajstić information content (AvgIpc) is 3.05. The number of ether oxygens (including phenoxy) is 1. The Kier molecular flexibility index (Phi) is 5.08. The first kappa shape index (κ1) is 19.5. The van der Waals surface area contributed by atoms with Crippen LogP contribution in [0.5, 0.6) is 0 Å². The summed E-state index contributed by atoms with van der Waals surface area (Å²) >= 11 is 0. The second-order valence-electron chi connectivity index (χ2n) is 7.38. The molecule has 29 heavy (non-hydrogen) atoms. The highest BCUT2D eigenvalue weighted by Gasteiger charge is 2.34. The number of morpholine rings is 1. The molecule has 2 aliphatic rings. The fourth-order valence-electron chi connectivity index (χ4n) is 3.91. The third-order valence-corrected chi connectivity index (χ3v) is 5.50. The van der Waals surface area contributed by atoms with Gasteiger partial charge >= 0.3 is 0 Å². The first-order valence-electron chi connectivity index (χ1n) is 9.55. The smallest absolute Gasteiger partial charge is 0.255 e. The molecule has 4 rings (SSSR count). The summed E-state index contributed by atoms with van der Waals surface area (Å²) in [6.45, 7) is 4.13. The number of carbonyl (C=O) groups excluding carboxylic acids is 1. The number of anilines is 2. The van der Waals surface area contributed by atoms with E-state index in [-0.39, 0.29) is 35.9 Å². The molecular weight excluding hydrogens is 382 g/mol. The zero-order valence-corrected chi connectivity index (χ0v) is 16.3. The van der Waals surface area contributed by atoms with E-state index in [0.717, 1.165) is 6.07 Å². The monoisotopic (exact) mass is 404 g/mol. The summed E-state index contributed by atoms with van der Waals surface area (Å²) in [4.78, 5) is 33.4. The molecule has 1 atom stereocenters. The summed E-state index contributed by atoms with van der Waals surface area (Å²) in [5, 5.41) is 0. The molecule has 0 saturated carbocycles. The van der Waals surface area contributed by atoms with Crippen LogP contribution in [-0.2, 0) is 29.4 Å². The van der Waals surface area contributed by atoms with E-state index in [1.807, 2.05) is 4.90 Å². The molecule has 1 saturated heterocycles. The molecule has 0 spiro atoms. The van der Waals surface area contributed by atoms with E-state index in [2.05, 4.69) is 4.98 Å². The number of hydrogen-bond donors (Lipinski definition) is 0. The molecule has 9 heteroatoms. The van der Waals surface area contributed by atoms with Crippen molar-refractivity contribution < 1.29 is 18.3 Å². The maximum atomic E-state index is 14.1. The summed E-state index contributed by atoms with van der Waals surface area (Å²) in [6, 6.07) is 3.59. The fourth-order valence-corrected chi connectivity index (χ4v) is 3.91. The maximum absolute atomic E-state index is 14.1. The van der Waals surface area contributed by atoms with Crippen LogP contribution in [0.15, 0.2) is 23.0 Å². The number of aromatic nitrogens is 2. The standard InChI is InChI=1S/C20H22F2N4O3/c1-12-9-13-15(4-3-14(21)20(13)22)26(12)19(28)10-16-23-17(11-18(27)24(16)2)25-5-7-29-8-6-25/h3-4,11-12H,5-10H2,1-2H3/t12-/m0/s1. The van der Waals surface area contributed by atoms with Gasteiger partial charge in [0.25, 0.3) is 5.56 Å². The van der Waals surface area contributed by atoms with E-state index in [1.54, 1.807) is 14.0 Å². The lowest BCUT2D eigenvalue weighted by Gasteiger charge is -2.28. The van der Waals surface area contributed by atoms with Crippen molar-refractivity contribution in [2.45, 2.75) is 25.8 Å². The molecule has 0 aliphatic carbocycles. The molecule has 2 aromatic rings. The van der Waals surface area contributed by atoms with E-state index in [0.29, 0.717) is 43.6 Å². The molecule has 0 bridgehead atoms. The van der Waals surface area contributed by atoms with E-state index >= 15 is 0 Å². The molecular formula is C20H22F2N4O3. The molecule has 3 heterocycles. The van der Waals surface area contributed by atoms with Gasteiger partial charge in [0.15, 0.2) is 11.6 Å². The summed E-state index contributed by atoms with van der Waals surface area (Å²) < 4.78 is 34.4. The number of halogens is 2. The Bertz CT molecular complexity index is 1020. The van der Waals surface area contributed by atoms with Gasteiger partial charge in [0, 0.05) is 37.8 Å². The lowest BCUT2D eigenvalue weighted by molar-refractivity contribution is -0.118. The second-order valence-corrected chi connectivity index (χ2v) is 7.38. The third-order valence-electron chi connectivity index (χ3n) is 5.50. The van der Waals surface area contributed by atoms with Gasteiger partial charge < -0.3 is 14.5 Å². The number of hydrogen-bond acceptors (Lipinski definition) is 5. The quantitative estimate of drug-likeness (QED) is 0.774. The van der Waals surface area contributed by atoms with Gasteiger partial charge in [0.1, 0.15) is 11.6 Å². The van der Waals surface area contributed by atoms with Gasteiger partial charge in [-0.05, 0) is 25.5 Å². The molecule has 1 fully saturated rings. The zero-order chi connectivity index (χ0) is 20.7. The molecule has 2 aliphatic heterocycles. The Labute approximate surface area is 166 Å². The van der Waals surface area contributed by atoms with Gasteiger partial charge in [-0.1, -0.05) is 0 Å². The largest absolute Gasteiger partial charge is 0.378 e. The van der Waals surface area contributed by atoms with Gasteiger partial charge in [0.2, 0.25) is 5.91 Å². The van der Waals surface area contributed by atoms with Crippen molar-refractivity contribution in [1.29, 1.82) is 0 Å². The molecule has 0 radical (unpaired) electrons. The van der Waals surface area contributed by atoms with Crippen molar-refractivity contribution in [3.05, 3.63) is 51.6 Å². The van der Waals surface area contributed by atoms with Gasteiger partial charge in [-0.25, -0.2) is 13.8 Å². The van der Waals surface area contributed by atoms with Gasteiger partial charge in [-0.15, -0.1) is 0 Å². The highest BCUT2D eigenvalue weighted by molar-refractivity contribution is 5.97. The van der Waals surface area contributed by atoms with Crippen molar-refractivity contribution in [2.24, 2.45) is 7.05 Å². The molecule has 0 N–H and O–H groups in total. The number of amides is 1. The van der Waals surface area contributed by atoms with Crippen molar-refractivity contribution in [1.82, 2.24) is 9.55 Å². The number of benzene rings is 1. The number of nitrogens with zero attached hydrogens (tertiary/aromatic N) is 4. The summed E-state index contributed by atoms with van der Waals surface area (Å²) in [6.07, 6.45) is 0.123. The number of fused-ring (bicyclic) bond motifs is 1. The van der Waals surface area contributed by atoms with Crippen LogP contribution in [0.4, 0.5) is 20.3 Å².